The SMILES string of the molecule is CCOc1cccc(C2/C(=C(/O)c3ccccc3)C(=O)C(=O)N2c2ccccc2)c1. The number of aliphatic hydroxyl groups excluding tert-OH is 1. The van der Waals surface area contributed by atoms with Crippen molar-refractivity contribution in [3.63, 3.8) is 0 Å². The molecule has 0 aromatic heterocycles. The van der Waals surface area contributed by atoms with Gasteiger partial charge in [-0.1, -0.05) is 60.7 Å². The van der Waals surface area contributed by atoms with E-state index in [0.717, 1.165) is 0 Å². The van der Waals surface area contributed by atoms with Gasteiger partial charge in [0.1, 0.15) is 11.5 Å². The summed E-state index contributed by atoms with van der Waals surface area (Å²) in [6.07, 6.45) is 0. The van der Waals surface area contributed by atoms with Crippen LogP contribution in [-0.2, 0) is 9.59 Å². The van der Waals surface area contributed by atoms with Crippen LogP contribution in [0.5, 0.6) is 5.75 Å². The average Bonchev–Trinajstić information content (AvgIpc) is 3.05. The van der Waals surface area contributed by atoms with E-state index in [1.807, 2.05) is 37.3 Å². The molecular formula is C25H21NO4. The highest BCUT2D eigenvalue weighted by Gasteiger charge is 2.47. The van der Waals surface area contributed by atoms with Crippen molar-refractivity contribution >= 4 is 23.1 Å². The lowest BCUT2D eigenvalue weighted by Gasteiger charge is -2.25. The van der Waals surface area contributed by atoms with Gasteiger partial charge in [0.2, 0.25) is 0 Å². The fraction of sp³-hybridized carbons (Fsp3) is 0.120. The Morgan fingerprint density at radius 2 is 1.60 bits per heavy atom. The van der Waals surface area contributed by atoms with E-state index in [1.165, 1.54) is 4.90 Å². The van der Waals surface area contributed by atoms with Gasteiger partial charge in [-0.25, -0.2) is 0 Å². The lowest BCUT2D eigenvalue weighted by Crippen LogP contribution is -2.29. The van der Waals surface area contributed by atoms with E-state index in [1.54, 1.807) is 54.6 Å². The van der Waals surface area contributed by atoms with E-state index in [4.69, 9.17) is 4.74 Å². The highest BCUT2D eigenvalue weighted by Crippen LogP contribution is 2.42. The van der Waals surface area contributed by atoms with Crippen LogP contribution in [0.15, 0.2) is 90.5 Å². The number of anilines is 1. The van der Waals surface area contributed by atoms with Crippen LogP contribution in [0.3, 0.4) is 0 Å². The van der Waals surface area contributed by atoms with Gasteiger partial charge in [0.25, 0.3) is 11.7 Å². The number of ketones is 1. The lowest BCUT2D eigenvalue weighted by atomic mass is 9.95. The van der Waals surface area contributed by atoms with Crippen LogP contribution < -0.4 is 9.64 Å². The molecule has 3 aromatic carbocycles. The van der Waals surface area contributed by atoms with Crippen molar-refractivity contribution in [1.82, 2.24) is 0 Å². The number of rotatable bonds is 5. The minimum Gasteiger partial charge on any atom is -0.507 e. The molecule has 1 aliphatic heterocycles. The van der Waals surface area contributed by atoms with Gasteiger partial charge < -0.3 is 9.84 Å². The molecule has 1 fully saturated rings. The number of aliphatic hydroxyl groups is 1. The minimum atomic E-state index is -0.770. The first-order valence-corrected chi connectivity index (χ1v) is 9.76. The first-order valence-electron chi connectivity index (χ1n) is 9.76. The second kappa shape index (κ2) is 8.25. The van der Waals surface area contributed by atoms with Gasteiger partial charge in [-0.2, -0.15) is 0 Å². The van der Waals surface area contributed by atoms with Gasteiger partial charge in [-0.05, 0) is 36.8 Å². The highest BCUT2D eigenvalue weighted by molar-refractivity contribution is 6.51. The molecule has 1 heterocycles. The Labute approximate surface area is 174 Å². The number of para-hydroxylation sites is 1. The molecule has 0 radical (unpaired) electrons. The standard InChI is InChI=1S/C25H21NO4/c1-2-30-20-15-9-12-18(16-20)22-21(23(27)17-10-5-3-6-11-17)24(28)25(29)26(22)19-13-7-4-8-14-19/h3-16,22,27H,2H2,1H3/b23-21-. The first-order chi connectivity index (χ1) is 14.6. The molecule has 4 rings (SSSR count). The number of hydrogen-bond acceptors (Lipinski definition) is 4. The molecule has 0 saturated carbocycles. The van der Waals surface area contributed by atoms with Crippen molar-refractivity contribution < 1.29 is 19.4 Å². The third kappa shape index (κ3) is 3.46. The summed E-state index contributed by atoms with van der Waals surface area (Å²) in [5, 5.41) is 11.0. The third-order valence-corrected chi connectivity index (χ3v) is 5.01. The van der Waals surface area contributed by atoms with Crippen LogP contribution >= 0.6 is 0 Å². The third-order valence-electron chi connectivity index (χ3n) is 5.01. The van der Waals surface area contributed by atoms with Gasteiger partial charge in [-0.3, -0.25) is 14.5 Å². The topological polar surface area (TPSA) is 66.8 Å². The molecule has 3 aromatic rings. The molecule has 0 aliphatic carbocycles. The molecule has 0 spiro atoms. The van der Waals surface area contributed by atoms with E-state index in [-0.39, 0.29) is 11.3 Å². The van der Waals surface area contributed by atoms with Gasteiger partial charge in [0, 0.05) is 11.3 Å². The van der Waals surface area contributed by atoms with E-state index < -0.39 is 17.7 Å². The molecule has 5 nitrogen and oxygen atoms in total. The maximum Gasteiger partial charge on any atom is 0.300 e. The van der Waals surface area contributed by atoms with Crippen molar-refractivity contribution in [3.05, 3.63) is 102 Å². The molecule has 1 amide bonds. The Balaban J connectivity index is 1.93. The van der Waals surface area contributed by atoms with Crippen molar-refractivity contribution in [2.45, 2.75) is 13.0 Å². The van der Waals surface area contributed by atoms with E-state index in [0.29, 0.717) is 29.2 Å². The van der Waals surface area contributed by atoms with Crippen LogP contribution in [0.4, 0.5) is 5.69 Å². The molecule has 150 valence electrons. The summed E-state index contributed by atoms with van der Waals surface area (Å²) >= 11 is 0. The molecule has 0 bridgehead atoms. The number of amides is 1. The molecule has 1 N–H and O–H groups in total. The minimum absolute atomic E-state index is 0.0590. The number of carbonyl (C=O) groups is 2. The smallest absolute Gasteiger partial charge is 0.300 e. The Morgan fingerprint density at radius 1 is 0.933 bits per heavy atom. The normalized spacial score (nSPS) is 17.9. The van der Waals surface area contributed by atoms with E-state index >= 15 is 0 Å². The zero-order valence-electron chi connectivity index (χ0n) is 16.5. The number of carbonyl (C=O) groups excluding carboxylic acids is 2. The first kappa shape index (κ1) is 19.5. The lowest BCUT2D eigenvalue weighted by molar-refractivity contribution is -0.132. The molecule has 1 aliphatic rings. The summed E-state index contributed by atoms with van der Waals surface area (Å²) in [7, 11) is 0. The van der Waals surface area contributed by atoms with Crippen molar-refractivity contribution in [1.29, 1.82) is 0 Å². The summed E-state index contributed by atoms with van der Waals surface area (Å²) in [4.78, 5) is 27.5. The number of benzene rings is 3. The van der Waals surface area contributed by atoms with Crippen LogP contribution in [-0.4, -0.2) is 23.4 Å². The molecule has 1 atom stereocenters. The maximum atomic E-state index is 13.1. The van der Waals surface area contributed by atoms with Crippen LogP contribution in [0.1, 0.15) is 24.1 Å². The molecule has 1 saturated heterocycles. The fourth-order valence-electron chi connectivity index (χ4n) is 3.70. The summed E-state index contributed by atoms with van der Waals surface area (Å²) in [6, 6.07) is 24.3. The second-order valence-electron chi connectivity index (χ2n) is 6.88. The second-order valence-corrected chi connectivity index (χ2v) is 6.88. The number of ether oxygens (including phenoxy) is 1. The number of nitrogens with zero attached hydrogens (tertiary/aromatic N) is 1. The predicted molar refractivity (Wildman–Crippen MR) is 115 cm³/mol. The van der Waals surface area contributed by atoms with Crippen LogP contribution in [0.2, 0.25) is 0 Å². The molecular weight excluding hydrogens is 378 g/mol. The van der Waals surface area contributed by atoms with E-state index in [2.05, 4.69) is 0 Å². The van der Waals surface area contributed by atoms with Gasteiger partial charge in [-0.15, -0.1) is 0 Å². The summed E-state index contributed by atoms with van der Waals surface area (Å²) in [6.45, 7) is 2.38. The summed E-state index contributed by atoms with van der Waals surface area (Å²) in [5.74, 6) is -0.954. The van der Waals surface area contributed by atoms with Crippen LogP contribution in [0.25, 0.3) is 5.76 Å². The Bertz CT molecular complexity index is 1110. The van der Waals surface area contributed by atoms with Gasteiger partial charge in [0.05, 0.1) is 18.2 Å². The fourth-order valence-corrected chi connectivity index (χ4v) is 3.70. The van der Waals surface area contributed by atoms with E-state index in [9.17, 15) is 14.7 Å². The molecule has 30 heavy (non-hydrogen) atoms. The van der Waals surface area contributed by atoms with Gasteiger partial charge in [0.15, 0.2) is 0 Å². The van der Waals surface area contributed by atoms with Crippen LogP contribution in [0, 0.1) is 0 Å². The van der Waals surface area contributed by atoms with Crippen molar-refractivity contribution in [2.75, 3.05) is 11.5 Å². The molecule has 5 heteroatoms. The summed E-state index contributed by atoms with van der Waals surface area (Å²) in [5.41, 5.74) is 1.80. The highest BCUT2D eigenvalue weighted by atomic mass is 16.5. The maximum absolute atomic E-state index is 13.1. The largest absolute Gasteiger partial charge is 0.507 e. The molecule has 1 unspecified atom stereocenters. The van der Waals surface area contributed by atoms with Crippen molar-refractivity contribution in [2.24, 2.45) is 0 Å². The van der Waals surface area contributed by atoms with Gasteiger partial charge >= 0.3 is 0 Å². The Morgan fingerprint density at radius 3 is 2.27 bits per heavy atom. The predicted octanol–water partition coefficient (Wildman–Crippen LogP) is 4.71. The number of hydrogen-bond donors (Lipinski definition) is 1. The average molecular weight is 399 g/mol. The quantitative estimate of drug-likeness (QED) is 0.383. The number of Topliss-reactive ketones (excluding diaryl/α,β-unsaturated/α-hetero) is 1. The Kier molecular flexibility index (Phi) is 5.35. The zero-order valence-corrected chi connectivity index (χ0v) is 16.5. The summed E-state index contributed by atoms with van der Waals surface area (Å²) < 4.78 is 5.61. The Hall–Kier alpha value is -3.86. The zero-order chi connectivity index (χ0) is 21.1. The monoisotopic (exact) mass is 399 g/mol. The van der Waals surface area contributed by atoms with Crippen molar-refractivity contribution in [3.8, 4) is 5.75 Å².